The summed E-state index contributed by atoms with van der Waals surface area (Å²) < 4.78 is 17.1. The molecular formula is C25H23N4O6-. The van der Waals surface area contributed by atoms with E-state index in [1.54, 1.807) is 25.4 Å². The van der Waals surface area contributed by atoms with Crippen LogP contribution in [0.15, 0.2) is 60.8 Å². The molecule has 10 nitrogen and oxygen atoms in total. The number of carbonyl (C=O) groups is 2. The van der Waals surface area contributed by atoms with Crippen molar-refractivity contribution in [2.24, 2.45) is 0 Å². The van der Waals surface area contributed by atoms with Crippen LogP contribution in [0.3, 0.4) is 0 Å². The molecule has 35 heavy (non-hydrogen) atoms. The highest BCUT2D eigenvalue weighted by Gasteiger charge is 2.48. The van der Waals surface area contributed by atoms with Crippen molar-refractivity contribution in [2.75, 3.05) is 25.6 Å². The van der Waals surface area contributed by atoms with Crippen LogP contribution in [0.25, 0.3) is 11.3 Å². The molecule has 4 atom stereocenters. The Labute approximate surface area is 201 Å². The van der Waals surface area contributed by atoms with Gasteiger partial charge in [-0.3, -0.25) is 4.79 Å². The maximum atomic E-state index is 12.7. The lowest BCUT2D eigenvalue weighted by molar-refractivity contribution is -0.255. The molecule has 2 fully saturated rings. The van der Waals surface area contributed by atoms with Crippen molar-refractivity contribution in [1.82, 2.24) is 15.3 Å². The number of aromatic carboxylic acids is 1. The Balaban J connectivity index is 1.24. The molecule has 0 unspecified atom stereocenters. The Morgan fingerprint density at radius 2 is 1.66 bits per heavy atom. The van der Waals surface area contributed by atoms with Crippen LogP contribution in [0.4, 0.5) is 5.95 Å². The number of fused-ring (bicyclic) bond motifs is 1. The molecule has 0 saturated carbocycles. The van der Waals surface area contributed by atoms with Gasteiger partial charge in [-0.25, -0.2) is 9.97 Å². The molecule has 2 N–H and O–H groups in total. The minimum absolute atomic E-state index is 0.0346. The van der Waals surface area contributed by atoms with Crippen molar-refractivity contribution in [2.45, 2.75) is 24.3 Å². The Morgan fingerprint density at radius 1 is 0.971 bits per heavy atom. The maximum Gasteiger partial charge on any atom is 0.252 e. The lowest BCUT2D eigenvalue weighted by Crippen LogP contribution is -2.45. The number of ether oxygens (including phenoxy) is 3. The number of carboxylic acids is 1. The largest absolute Gasteiger partial charge is 0.545 e. The fraction of sp³-hybridized carbons (Fsp3) is 0.280. The van der Waals surface area contributed by atoms with Crippen LogP contribution in [0.5, 0.6) is 5.75 Å². The van der Waals surface area contributed by atoms with Gasteiger partial charge in [0.1, 0.15) is 18.0 Å². The molecule has 0 spiro atoms. The van der Waals surface area contributed by atoms with E-state index >= 15 is 0 Å². The normalized spacial score (nSPS) is 22.9. The minimum atomic E-state index is -1.41. The lowest BCUT2D eigenvalue weighted by atomic mass is 10.0. The zero-order valence-corrected chi connectivity index (χ0v) is 18.8. The number of carbonyl (C=O) groups excluding carboxylic acids is 2. The van der Waals surface area contributed by atoms with Gasteiger partial charge in [0, 0.05) is 22.9 Å². The molecule has 2 aromatic carbocycles. The zero-order valence-electron chi connectivity index (χ0n) is 18.8. The monoisotopic (exact) mass is 475 g/mol. The molecule has 0 radical (unpaired) electrons. The van der Waals surface area contributed by atoms with Crippen LogP contribution in [0.2, 0.25) is 0 Å². The molecule has 2 aliphatic heterocycles. The fourth-order valence-electron chi connectivity index (χ4n) is 4.37. The Morgan fingerprint density at radius 3 is 2.37 bits per heavy atom. The molecule has 3 heterocycles. The summed E-state index contributed by atoms with van der Waals surface area (Å²) in [5.74, 6) is -0.728. The molecule has 2 aliphatic rings. The van der Waals surface area contributed by atoms with Crippen LogP contribution in [0, 0.1) is 0 Å². The second kappa shape index (κ2) is 9.69. The van der Waals surface area contributed by atoms with E-state index in [0.717, 1.165) is 17.0 Å². The summed E-state index contributed by atoms with van der Waals surface area (Å²) in [5.41, 5.74) is 1.55. The Kier molecular flexibility index (Phi) is 6.30. The van der Waals surface area contributed by atoms with Gasteiger partial charge in [-0.2, -0.15) is 0 Å². The van der Waals surface area contributed by atoms with E-state index < -0.39 is 24.0 Å². The standard InChI is InChI=1S/C25H24N4O6/c1-33-15-8-6-14(7-9-15)18-10-11-26-25(28-18)29-20-13-35-21-19(12-34-22(20)21)27-23(30)16-4-2-3-5-17(16)24(31)32/h2-11,19-22H,12-13H2,1H3,(H,27,30)(H,31,32)(H,26,28,29)/p-1/t19-,20-,21+,22+/m0/s1. The van der Waals surface area contributed by atoms with Crippen LogP contribution in [0.1, 0.15) is 20.7 Å². The highest BCUT2D eigenvalue weighted by molar-refractivity contribution is 6.04. The quantitative estimate of drug-likeness (QED) is 0.511. The molecule has 5 rings (SSSR count). The smallest absolute Gasteiger partial charge is 0.252 e. The van der Waals surface area contributed by atoms with E-state index in [1.807, 2.05) is 30.3 Å². The number of hydrogen-bond donors (Lipinski definition) is 2. The number of anilines is 1. The van der Waals surface area contributed by atoms with E-state index in [9.17, 15) is 14.7 Å². The van der Waals surface area contributed by atoms with Gasteiger partial charge in [0.2, 0.25) is 5.95 Å². The third-order valence-corrected chi connectivity index (χ3v) is 6.12. The zero-order chi connectivity index (χ0) is 24.4. The van der Waals surface area contributed by atoms with Crippen LogP contribution < -0.4 is 20.5 Å². The molecule has 10 heteroatoms. The summed E-state index contributed by atoms with van der Waals surface area (Å²) in [4.78, 5) is 33.0. The third kappa shape index (κ3) is 4.66. The van der Waals surface area contributed by atoms with E-state index in [2.05, 4.69) is 20.6 Å². The number of benzene rings is 2. The molecule has 1 amide bonds. The van der Waals surface area contributed by atoms with Crippen LogP contribution in [-0.2, 0) is 9.47 Å². The summed E-state index contributed by atoms with van der Waals surface area (Å²) in [6.45, 7) is 0.576. The topological polar surface area (TPSA) is 135 Å². The van der Waals surface area contributed by atoms with Crippen molar-refractivity contribution < 1.29 is 28.9 Å². The van der Waals surface area contributed by atoms with E-state index in [4.69, 9.17) is 14.2 Å². The summed E-state index contributed by atoms with van der Waals surface area (Å²) in [6, 6.07) is 14.7. The number of amides is 1. The third-order valence-electron chi connectivity index (χ3n) is 6.12. The van der Waals surface area contributed by atoms with Crippen molar-refractivity contribution in [1.29, 1.82) is 0 Å². The summed E-state index contributed by atoms with van der Waals surface area (Å²) in [6.07, 6.45) is 0.955. The van der Waals surface area contributed by atoms with Gasteiger partial charge < -0.3 is 34.7 Å². The van der Waals surface area contributed by atoms with Gasteiger partial charge >= 0.3 is 0 Å². The van der Waals surface area contributed by atoms with Crippen molar-refractivity contribution in [3.05, 3.63) is 71.9 Å². The van der Waals surface area contributed by atoms with Gasteiger partial charge in [-0.05, 0) is 36.4 Å². The molecule has 2 saturated heterocycles. The van der Waals surface area contributed by atoms with Crippen molar-refractivity contribution >= 4 is 17.8 Å². The number of carboxylic acid groups (broad SMARTS) is 1. The maximum absolute atomic E-state index is 12.7. The first-order chi connectivity index (χ1) is 17.0. The Bertz CT molecular complexity index is 1230. The molecular weight excluding hydrogens is 452 g/mol. The molecule has 180 valence electrons. The first-order valence-electron chi connectivity index (χ1n) is 11.1. The van der Waals surface area contributed by atoms with E-state index in [-0.39, 0.29) is 29.9 Å². The van der Waals surface area contributed by atoms with Gasteiger partial charge in [0.25, 0.3) is 5.91 Å². The fourth-order valence-corrected chi connectivity index (χ4v) is 4.37. The molecule has 0 aliphatic carbocycles. The van der Waals surface area contributed by atoms with Crippen molar-refractivity contribution in [3.63, 3.8) is 0 Å². The van der Waals surface area contributed by atoms with E-state index in [1.165, 1.54) is 12.1 Å². The second-order valence-electron chi connectivity index (χ2n) is 8.25. The van der Waals surface area contributed by atoms with Gasteiger partial charge in [0.15, 0.2) is 0 Å². The average molecular weight is 475 g/mol. The highest BCUT2D eigenvalue weighted by atomic mass is 16.6. The van der Waals surface area contributed by atoms with Crippen LogP contribution >= 0.6 is 0 Å². The predicted molar refractivity (Wildman–Crippen MR) is 123 cm³/mol. The summed E-state index contributed by atoms with van der Waals surface area (Å²) in [7, 11) is 1.62. The molecule has 1 aromatic heterocycles. The van der Waals surface area contributed by atoms with E-state index in [0.29, 0.717) is 12.6 Å². The minimum Gasteiger partial charge on any atom is -0.545 e. The molecule has 3 aromatic rings. The van der Waals surface area contributed by atoms with Crippen molar-refractivity contribution in [3.8, 4) is 17.0 Å². The second-order valence-corrected chi connectivity index (χ2v) is 8.25. The highest BCUT2D eigenvalue weighted by Crippen LogP contribution is 2.29. The Hall–Kier alpha value is -4.02. The number of hydrogen-bond acceptors (Lipinski definition) is 9. The lowest BCUT2D eigenvalue weighted by Gasteiger charge is -2.19. The number of aromatic nitrogens is 2. The molecule has 0 bridgehead atoms. The predicted octanol–water partition coefficient (Wildman–Crippen LogP) is 0.892. The average Bonchev–Trinajstić information content (AvgIpc) is 3.47. The number of methoxy groups -OCH3 is 1. The number of rotatable bonds is 7. The number of nitrogens with zero attached hydrogens (tertiary/aromatic N) is 2. The van der Waals surface area contributed by atoms with Gasteiger partial charge in [-0.15, -0.1) is 0 Å². The first kappa shape index (κ1) is 22.8. The van der Waals surface area contributed by atoms with Gasteiger partial charge in [0.05, 0.1) is 44.1 Å². The SMILES string of the molecule is COc1ccc(-c2ccnc(N[C@H]3CO[C@H]4[C@@H]3OC[C@@H]4NC(=O)c3ccccc3C(=O)[O-])n2)cc1. The van der Waals surface area contributed by atoms with Gasteiger partial charge in [-0.1, -0.05) is 18.2 Å². The summed E-state index contributed by atoms with van der Waals surface area (Å²) in [5, 5.41) is 17.5. The van der Waals surface area contributed by atoms with Crippen LogP contribution in [-0.4, -0.2) is 66.5 Å². The first-order valence-corrected chi connectivity index (χ1v) is 11.1. The summed E-state index contributed by atoms with van der Waals surface area (Å²) >= 11 is 0. The number of nitrogens with one attached hydrogen (secondary N) is 2.